The second-order valence-corrected chi connectivity index (χ2v) is 3.61. The van der Waals surface area contributed by atoms with Gasteiger partial charge in [0.15, 0.2) is 6.29 Å². The normalized spacial score (nSPS) is 10.1. The molecular formula is C11H7FOS. The Labute approximate surface area is 84.8 Å². The first-order chi connectivity index (χ1) is 6.83. The number of carbonyl (C=O) groups excluding carboxylic acids is 1. The highest BCUT2D eigenvalue weighted by molar-refractivity contribution is 7.08. The van der Waals surface area contributed by atoms with Crippen LogP contribution < -0.4 is 0 Å². The lowest BCUT2D eigenvalue weighted by Gasteiger charge is -2.02. The Morgan fingerprint density at radius 3 is 2.79 bits per heavy atom. The highest BCUT2D eigenvalue weighted by atomic mass is 32.1. The Hall–Kier alpha value is -1.48. The molecule has 2 aromatic rings. The standard InChI is InChI=1S/C11H7FOS/c12-10-3-1-2-8(6-13)11(10)9-4-5-14-7-9/h1-7H. The zero-order valence-electron chi connectivity index (χ0n) is 7.24. The first kappa shape index (κ1) is 9.09. The van der Waals surface area contributed by atoms with Crippen LogP contribution in [0.3, 0.4) is 0 Å². The van der Waals surface area contributed by atoms with Crippen LogP contribution in [0.2, 0.25) is 0 Å². The van der Waals surface area contributed by atoms with E-state index in [9.17, 15) is 9.18 Å². The number of thiophene rings is 1. The molecule has 70 valence electrons. The SMILES string of the molecule is O=Cc1cccc(F)c1-c1ccsc1. The summed E-state index contributed by atoms with van der Waals surface area (Å²) in [5, 5.41) is 3.68. The van der Waals surface area contributed by atoms with Crippen LogP contribution in [-0.4, -0.2) is 6.29 Å². The molecule has 1 nitrogen and oxygen atoms in total. The summed E-state index contributed by atoms with van der Waals surface area (Å²) in [5.74, 6) is -0.354. The summed E-state index contributed by atoms with van der Waals surface area (Å²) in [5.41, 5.74) is 1.54. The number of halogens is 1. The highest BCUT2D eigenvalue weighted by Crippen LogP contribution is 2.27. The quantitative estimate of drug-likeness (QED) is 0.688. The molecule has 1 aromatic heterocycles. The third-order valence-corrected chi connectivity index (χ3v) is 2.67. The molecule has 0 fully saturated rings. The summed E-state index contributed by atoms with van der Waals surface area (Å²) in [6.07, 6.45) is 0.677. The van der Waals surface area contributed by atoms with Crippen LogP contribution in [0.1, 0.15) is 10.4 Å². The van der Waals surface area contributed by atoms with Crippen LogP contribution in [0, 0.1) is 5.82 Å². The molecule has 1 heterocycles. The molecule has 3 heteroatoms. The molecule has 0 aliphatic heterocycles. The van der Waals surface area contributed by atoms with Gasteiger partial charge in [0, 0.05) is 11.1 Å². The van der Waals surface area contributed by atoms with E-state index < -0.39 is 0 Å². The Bertz CT molecular complexity index is 448. The predicted molar refractivity (Wildman–Crippen MR) is 55.1 cm³/mol. The summed E-state index contributed by atoms with van der Waals surface area (Å²) in [4.78, 5) is 10.7. The number of carbonyl (C=O) groups is 1. The summed E-state index contributed by atoms with van der Waals surface area (Å²) >= 11 is 1.48. The van der Waals surface area contributed by atoms with Gasteiger partial charge in [0.2, 0.25) is 0 Å². The largest absolute Gasteiger partial charge is 0.298 e. The average Bonchev–Trinajstić information content (AvgIpc) is 2.70. The predicted octanol–water partition coefficient (Wildman–Crippen LogP) is 3.37. The fraction of sp³-hybridized carbons (Fsp3) is 0. The maximum absolute atomic E-state index is 13.4. The van der Waals surface area contributed by atoms with Gasteiger partial charge in [0.25, 0.3) is 0 Å². The lowest BCUT2D eigenvalue weighted by atomic mass is 10.0. The molecule has 0 atom stereocenters. The molecule has 14 heavy (non-hydrogen) atoms. The summed E-state index contributed by atoms with van der Waals surface area (Å²) in [7, 11) is 0. The van der Waals surface area contributed by atoms with E-state index in [2.05, 4.69) is 0 Å². The van der Waals surface area contributed by atoms with Crippen LogP contribution in [0.4, 0.5) is 4.39 Å². The summed E-state index contributed by atoms with van der Waals surface area (Å²) < 4.78 is 13.4. The Kier molecular flexibility index (Phi) is 2.41. The van der Waals surface area contributed by atoms with Crippen LogP contribution in [0.15, 0.2) is 35.0 Å². The van der Waals surface area contributed by atoms with Crippen molar-refractivity contribution in [3.8, 4) is 11.1 Å². The zero-order chi connectivity index (χ0) is 9.97. The molecule has 0 aliphatic rings. The van der Waals surface area contributed by atoms with E-state index in [0.717, 1.165) is 5.56 Å². The first-order valence-electron chi connectivity index (χ1n) is 4.09. The fourth-order valence-corrected chi connectivity index (χ4v) is 2.00. The minimum Gasteiger partial charge on any atom is -0.298 e. The van der Waals surface area contributed by atoms with Crippen molar-refractivity contribution in [1.82, 2.24) is 0 Å². The number of benzene rings is 1. The van der Waals surface area contributed by atoms with Crippen LogP contribution in [0.5, 0.6) is 0 Å². The molecular weight excluding hydrogens is 199 g/mol. The smallest absolute Gasteiger partial charge is 0.150 e. The van der Waals surface area contributed by atoms with Gasteiger partial charge in [-0.15, -0.1) is 0 Å². The molecule has 0 spiro atoms. The van der Waals surface area contributed by atoms with Gasteiger partial charge in [-0.05, 0) is 28.5 Å². The topological polar surface area (TPSA) is 17.1 Å². The molecule has 1 aromatic carbocycles. The Morgan fingerprint density at radius 2 is 2.14 bits per heavy atom. The molecule has 0 unspecified atom stereocenters. The maximum Gasteiger partial charge on any atom is 0.150 e. The lowest BCUT2D eigenvalue weighted by Crippen LogP contribution is -1.90. The van der Waals surface area contributed by atoms with Gasteiger partial charge in [0.05, 0.1) is 0 Å². The van der Waals surface area contributed by atoms with E-state index in [-0.39, 0.29) is 5.82 Å². The minimum absolute atomic E-state index is 0.354. The van der Waals surface area contributed by atoms with E-state index in [4.69, 9.17) is 0 Å². The van der Waals surface area contributed by atoms with Crippen LogP contribution in [0.25, 0.3) is 11.1 Å². The second kappa shape index (κ2) is 3.72. The molecule has 0 bridgehead atoms. The third kappa shape index (κ3) is 1.46. The van der Waals surface area contributed by atoms with Crippen molar-refractivity contribution in [3.05, 3.63) is 46.4 Å². The first-order valence-corrected chi connectivity index (χ1v) is 5.03. The van der Waals surface area contributed by atoms with E-state index in [1.54, 1.807) is 12.1 Å². The maximum atomic E-state index is 13.4. The molecule has 0 saturated carbocycles. The number of rotatable bonds is 2. The van der Waals surface area contributed by atoms with E-state index in [1.807, 2.05) is 10.8 Å². The zero-order valence-corrected chi connectivity index (χ0v) is 8.05. The Balaban J connectivity index is 2.67. The Morgan fingerprint density at radius 1 is 1.29 bits per heavy atom. The number of aldehydes is 1. The van der Waals surface area contributed by atoms with Gasteiger partial charge in [-0.3, -0.25) is 4.79 Å². The monoisotopic (exact) mass is 206 g/mol. The van der Waals surface area contributed by atoms with Crippen molar-refractivity contribution >= 4 is 17.6 Å². The van der Waals surface area contributed by atoms with Gasteiger partial charge in [0.1, 0.15) is 5.82 Å². The van der Waals surface area contributed by atoms with E-state index >= 15 is 0 Å². The summed E-state index contributed by atoms with van der Waals surface area (Å²) in [6.45, 7) is 0. The van der Waals surface area contributed by atoms with Gasteiger partial charge in [-0.2, -0.15) is 11.3 Å². The molecule has 0 radical (unpaired) electrons. The minimum atomic E-state index is -0.354. The van der Waals surface area contributed by atoms with Gasteiger partial charge < -0.3 is 0 Å². The van der Waals surface area contributed by atoms with Crippen LogP contribution in [-0.2, 0) is 0 Å². The van der Waals surface area contributed by atoms with Crippen molar-refractivity contribution in [3.63, 3.8) is 0 Å². The van der Waals surface area contributed by atoms with E-state index in [1.165, 1.54) is 23.5 Å². The molecule has 2 rings (SSSR count). The third-order valence-electron chi connectivity index (χ3n) is 1.98. The second-order valence-electron chi connectivity index (χ2n) is 2.83. The molecule has 0 amide bonds. The van der Waals surface area contributed by atoms with Crippen molar-refractivity contribution in [2.75, 3.05) is 0 Å². The van der Waals surface area contributed by atoms with Gasteiger partial charge >= 0.3 is 0 Å². The van der Waals surface area contributed by atoms with E-state index in [0.29, 0.717) is 17.4 Å². The van der Waals surface area contributed by atoms with Crippen molar-refractivity contribution in [1.29, 1.82) is 0 Å². The number of hydrogen-bond donors (Lipinski definition) is 0. The molecule has 0 saturated heterocycles. The average molecular weight is 206 g/mol. The highest BCUT2D eigenvalue weighted by Gasteiger charge is 2.09. The lowest BCUT2D eigenvalue weighted by molar-refractivity contribution is 0.112. The van der Waals surface area contributed by atoms with Gasteiger partial charge in [-0.1, -0.05) is 12.1 Å². The number of hydrogen-bond acceptors (Lipinski definition) is 2. The van der Waals surface area contributed by atoms with Crippen molar-refractivity contribution < 1.29 is 9.18 Å². The van der Waals surface area contributed by atoms with Crippen molar-refractivity contribution in [2.24, 2.45) is 0 Å². The van der Waals surface area contributed by atoms with Crippen LogP contribution >= 0.6 is 11.3 Å². The van der Waals surface area contributed by atoms with Crippen molar-refractivity contribution in [2.45, 2.75) is 0 Å². The molecule has 0 N–H and O–H groups in total. The van der Waals surface area contributed by atoms with Gasteiger partial charge in [-0.25, -0.2) is 4.39 Å². The fourth-order valence-electron chi connectivity index (χ4n) is 1.35. The molecule has 0 aliphatic carbocycles. The summed E-state index contributed by atoms with van der Waals surface area (Å²) in [6, 6.07) is 6.31.